The number of hydrogen-bond acceptors (Lipinski definition) is 3. The van der Waals surface area contributed by atoms with Crippen LogP contribution >= 0.6 is 0 Å². The van der Waals surface area contributed by atoms with Crippen LogP contribution in [0.25, 0.3) is 27.5 Å². The summed E-state index contributed by atoms with van der Waals surface area (Å²) in [6.07, 6.45) is 8.56. The first-order chi connectivity index (χ1) is 15.4. The molecular formula is C27H19N3O. The summed E-state index contributed by atoms with van der Waals surface area (Å²) in [5, 5.41) is 2.31. The molecule has 31 heavy (non-hydrogen) atoms. The number of hydrogen-bond donors (Lipinski definition) is 0. The molecule has 4 nitrogen and oxygen atoms in total. The van der Waals surface area contributed by atoms with E-state index in [4.69, 9.17) is 9.72 Å². The number of ether oxygens (including phenoxy) is 1. The molecule has 4 heteroatoms. The van der Waals surface area contributed by atoms with E-state index in [2.05, 4.69) is 88.3 Å². The standard InChI is InChI=1S/C27H19N3O/c1-2-10-19-18(9-1)24(17-29-21-12-4-3-11-20(21)28-27(19)29)30-22-13-5-7-15-25(22)31-26-16-8-6-14-23(26)30/h1-7,9-15,17H,8,16H2. The van der Waals surface area contributed by atoms with Crippen LogP contribution in [0.5, 0.6) is 5.75 Å². The molecule has 0 unspecified atom stereocenters. The monoisotopic (exact) mass is 401 g/mol. The Morgan fingerprint density at radius 1 is 0.806 bits per heavy atom. The molecule has 0 fully saturated rings. The van der Waals surface area contributed by atoms with Gasteiger partial charge in [-0.05, 0) is 36.8 Å². The van der Waals surface area contributed by atoms with Crippen LogP contribution in [0.15, 0.2) is 103 Å². The van der Waals surface area contributed by atoms with Crippen molar-refractivity contribution in [3.8, 4) is 5.75 Å². The number of anilines is 2. The number of allylic oxidation sites excluding steroid dienone is 3. The molecular weight excluding hydrogens is 382 g/mol. The first kappa shape index (κ1) is 16.7. The highest BCUT2D eigenvalue weighted by Gasteiger charge is 2.29. The first-order valence-electron chi connectivity index (χ1n) is 10.6. The van der Waals surface area contributed by atoms with E-state index in [0.717, 1.165) is 63.5 Å². The lowest BCUT2D eigenvalue weighted by atomic mass is 10.0. The smallest absolute Gasteiger partial charge is 0.151 e. The number of para-hydroxylation sites is 4. The van der Waals surface area contributed by atoms with Crippen molar-refractivity contribution in [3.63, 3.8) is 0 Å². The minimum absolute atomic E-state index is 0.899. The highest BCUT2D eigenvalue weighted by Crippen LogP contribution is 2.47. The van der Waals surface area contributed by atoms with Crippen molar-refractivity contribution in [3.05, 3.63) is 103 Å². The zero-order valence-corrected chi connectivity index (χ0v) is 16.8. The molecule has 0 saturated heterocycles. The number of rotatable bonds is 1. The summed E-state index contributed by atoms with van der Waals surface area (Å²) in [6, 6.07) is 25.1. The number of imidazole rings is 1. The van der Waals surface area contributed by atoms with Crippen LogP contribution in [0.2, 0.25) is 0 Å². The van der Waals surface area contributed by atoms with E-state index in [1.807, 2.05) is 12.1 Å². The second-order valence-electron chi connectivity index (χ2n) is 8.01. The maximum atomic E-state index is 6.31. The van der Waals surface area contributed by atoms with Gasteiger partial charge in [0.25, 0.3) is 0 Å². The van der Waals surface area contributed by atoms with Gasteiger partial charge in [0, 0.05) is 23.4 Å². The second kappa shape index (κ2) is 6.22. The van der Waals surface area contributed by atoms with Gasteiger partial charge < -0.3 is 9.64 Å². The Kier molecular flexibility index (Phi) is 3.36. The molecule has 3 aromatic carbocycles. The van der Waals surface area contributed by atoms with E-state index in [9.17, 15) is 0 Å². The maximum absolute atomic E-state index is 6.31. The van der Waals surface area contributed by atoms with Crippen molar-refractivity contribution in [1.82, 2.24) is 9.38 Å². The Morgan fingerprint density at radius 3 is 2.58 bits per heavy atom. The lowest BCUT2D eigenvalue weighted by molar-refractivity contribution is 0.388. The third-order valence-corrected chi connectivity index (χ3v) is 6.21. The zero-order chi connectivity index (χ0) is 20.4. The van der Waals surface area contributed by atoms with Crippen LogP contribution in [0.3, 0.4) is 0 Å². The molecule has 0 spiro atoms. The minimum Gasteiger partial charge on any atom is -0.457 e. The summed E-state index contributed by atoms with van der Waals surface area (Å²) in [5.74, 6) is 1.93. The summed E-state index contributed by atoms with van der Waals surface area (Å²) in [7, 11) is 0. The van der Waals surface area contributed by atoms with Gasteiger partial charge >= 0.3 is 0 Å². The molecule has 0 saturated carbocycles. The van der Waals surface area contributed by atoms with Gasteiger partial charge in [-0.2, -0.15) is 0 Å². The number of aromatic nitrogens is 2. The highest BCUT2D eigenvalue weighted by atomic mass is 16.5. The molecule has 2 aliphatic rings. The highest BCUT2D eigenvalue weighted by molar-refractivity contribution is 6.06. The molecule has 7 rings (SSSR count). The first-order valence-corrected chi connectivity index (χ1v) is 10.6. The largest absolute Gasteiger partial charge is 0.457 e. The van der Waals surface area contributed by atoms with Gasteiger partial charge in [0.1, 0.15) is 11.4 Å². The Hall–Kier alpha value is -4.05. The van der Waals surface area contributed by atoms with Crippen molar-refractivity contribution in [2.75, 3.05) is 4.90 Å². The van der Waals surface area contributed by atoms with E-state index >= 15 is 0 Å². The number of fused-ring (bicyclic) bond motifs is 6. The van der Waals surface area contributed by atoms with E-state index in [1.165, 1.54) is 5.39 Å². The van der Waals surface area contributed by atoms with Crippen LogP contribution in [-0.2, 0) is 0 Å². The van der Waals surface area contributed by atoms with Gasteiger partial charge in [0.15, 0.2) is 5.75 Å². The minimum atomic E-state index is 0.899. The normalized spacial score (nSPS) is 15.4. The molecule has 0 bridgehead atoms. The van der Waals surface area contributed by atoms with Crippen LogP contribution < -0.4 is 9.64 Å². The fraction of sp³-hybridized carbons (Fsp3) is 0.0741. The molecule has 0 atom stereocenters. The van der Waals surface area contributed by atoms with Gasteiger partial charge in [-0.1, -0.05) is 54.6 Å². The summed E-state index contributed by atoms with van der Waals surface area (Å²) >= 11 is 0. The van der Waals surface area contributed by atoms with Crippen LogP contribution in [0.4, 0.5) is 11.4 Å². The molecule has 1 aliphatic heterocycles. The lowest BCUT2D eigenvalue weighted by Gasteiger charge is -2.35. The van der Waals surface area contributed by atoms with E-state index < -0.39 is 0 Å². The van der Waals surface area contributed by atoms with Gasteiger partial charge in [-0.15, -0.1) is 0 Å². The SMILES string of the molecule is C1=CC2=C(CC1)Oc1ccccc1N2c1cn2c3ccccc3nc2c2ccccc12. The quantitative estimate of drug-likeness (QED) is 0.312. The maximum Gasteiger partial charge on any atom is 0.151 e. The fourth-order valence-electron chi connectivity index (χ4n) is 4.82. The Labute approximate surface area is 179 Å². The van der Waals surface area contributed by atoms with Crippen molar-refractivity contribution >= 4 is 38.8 Å². The summed E-state index contributed by atoms with van der Waals surface area (Å²) in [6.45, 7) is 0. The van der Waals surface area contributed by atoms with Gasteiger partial charge in [0.2, 0.25) is 0 Å². The molecule has 2 aromatic heterocycles. The van der Waals surface area contributed by atoms with Crippen LogP contribution in [-0.4, -0.2) is 9.38 Å². The fourth-order valence-corrected chi connectivity index (χ4v) is 4.82. The third kappa shape index (κ3) is 2.33. The Bertz CT molecular complexity index is 1570. The third-order valence-electron chi connectivity index (χ3n) is 6.21. The average molecular weight is 401 g/mol. The van der Waals surface area contributed by atoms with Gasteiger partial charge in [0.05, 0.1) is 28.1 Å². The average Bonchev–Trinajstić information content (AvgIpc) is 3.21. The van der Waals surface area contributed by atoms with E-state index in [-0.39, 0.29) is 0 Å². The lowest BCUT2D eigenvalue weighted by Crippen LogP contribution is -2.25. The van der Waals surface area contributed by atoms with E-state index in [0.29, 0.717) is 0 Å². The van der Waals surface area contributed by atoms with Crippen molar-refractivity contribution < 1.29 is 4.74 Å². The number of benzene rings is 3. The van der Waals surface area contributed by atoms with Crippen molar-refractivity contribution in [2.24, 2.45) is 0 Å². The Morgan fingerprint density at radius 2 is 1.61 bits per heavy atom. The van der Waals surface area contributed by atoms with Gasteiger partial charge in [-0.25, -0.2) is 4.98 Å². The number of pyridine rings is 1. The molecule has 0 radical (unpaired) electrons. The topological polar surface area (TPSA) is 29.8 Å². The van der Waals surface area contributed by atoms with E-state index in [1.54, 1.807) is 0 Å². The molecule has 5 aromatic rings. The molecule has 3 heterocycles. The van der Waals surface area contributed by atoms with Crippen LogP contribution in [0.1, 0.15) is 12.8 Å². The van der Waals surface area contributed by atoms with Crippen molar-refractivity contribution in [1.29, 1.82) is 0 Å². The Balaban J connectivity index is 1.62. The molecule has 148 valence electrons. The molecule has 0 amide bonds. The molecule has 1 aliphatic carbocycles. The number of nitrogens with zero attached hydrogens (tertiary/aromatic N) is 3. The summed E-state index contributed by atoms with van der Waals surface area (Å²) < 4.78 is 8.53. The molecule has 0 N–H and O–H groups in total. The predicted molar refractivity (Wildman–Crippen MR) is 125 cm³/mol. The van der Waals surface area contributed by atoms with Crippen LogP contribution in [0, 0.1) is 0 Å². The summed E-state index contributed by atoms with van der Waals surface area (Å²) in [4.78, 5) is 7.30. The summed E-state index contributed by atoms with van der Waals surface area (Å²) in [5.41, 5.74) is 6.39. The zero-order valence-electron chi connectivity index (χ0n) is 16.8. The predicted octanol–water partition coefficient (Wildman–Crippen LogP) is 6.73. The van der Waals surface area contributed by atoms with Gasteiger partial charge in [-0.3, -0.25) is 4.40 Å². The van der Waals surface area contributed by atoms with Crippen molar-refractivity contribution in [2.45, 2.75) is 12.8 Å². The second-order valence-corrected chi connectivity index (χ2v) is 8.01.